The van der Waals surface area contributed by atoms with E-state index >= 15 is 0 Å². The van der Waals surface area contributed by atoms with E-state index in [9.17, 15) is 0 Å². The quantitative estimate of drug-likeness (QED) is 0.829. The first-order chi connectivity index (χ1) is 7.52. The van der Waals surface area contributed by atoms with Crippen molar-refractivity contribution in [2.24, 2.45) is 5.41 Å². The number of aromatic nitrogens is 2. The van der Waals surface area contributed by atoms with E-state index in [2.05, 4.69) is 41.8 Å². The van der Waals surface area contributed by atoms with E-state index in [0.717, 1.165) is 11.6 Å². The molecule has 16 heavy (non-hydrogen) atoms. The van der Waals surface area contributed by atoms with Crippen molar-refractivity contribution in [3.63, 3.8) is 0 Å². The summed E-state index contributed by atoms with van der Waals surface area (Å²) in [6.45, 7) is 6.81. The second-order valence-electron chi connectivity index (χ2n) is 5.76. The van der Waals surface area contributed by atoms with Crippen molar-refractivity contribution < 1.29 is 0 Å². The first-order valence-electron chi connectivity index (χ1n) is 6.25. The van der Waals surface area contributed by atoms with E-state index in [-0.39, 0.29) is 0 Å². The van der Waals surface area contributed by atoms with Crippen LogP contribution in [0.2, 0.25) is 0 Å². The maximum Gasteiger partial charge on any atom is 0.203 e. The Morgan fingerprint density at radius 2 is 2.00 bits per heavy atom. The molecule has 1 aromatic heterocycles. The molecule has 0 amide bonds. The summed E-state index contributed by atoms with van der Waals surface area (Å²) < 4.78 is 2.32. The van der Waals surface area contributed by atoms with Crippen molar-refractivity contribution in [2.75, 3.05) is 12.4 Å². The number of aryl methyl sites for hydroxylation is 1. The molecule has 2 rings (SSSR count). The van der Waals surface area contributed by atoms with Crippen LogP contribution in [0.15, 0.2) is 6.20 Å². The maximum absolute atomic E-state index is 4.49. The van der Waals surface area contributed by atoms with Gasteiger partial charge in [0.1, 0.15) is 0 Å². The van der Waals surface area contributed by atoms with Crippen LogP contribution in [-0.4, -0.2) is 16.6 Å². The minimum Gasteiger partial charge on any atom is -0.359 e. The van der Waals surface area contributed by atoms with Crippen LogP contribution >= 0.6 is 0 Å². The second kappa shape index (κ2) is 4.11. The van der Waals surface area contributed by atoms with Crippen LogP contribution in [0.4, 0.5) is 5.95 Å². The summed E-state index contributed by atoms with van der Waals surface area (Å²) in [6.07, 6.45) is 7.36. The highest BCUT2D eigenvalue weighted by Gasteiger charge is 2.28. The fraction of sp³-hybridized carbons (Fsp3) is 0.769. The Hall–Kier alpha value is -0.990. The fourth-order valence-electron chi connectivity index (χ4n) is 2.64. The maximum atomic E-state index is 4.49. The van der Waals surface area contributed by atoms with E-state index in [4.69, 9.17) is 0 Å². The third kappa shape index (κ3) is 2.23. The van der Waals surface area contributed by atoms with Gasteiger partial charge in [-0.2, -0.15) is 0 Å². The van der Waals surface area contributed by atoms with Gasteiger partial charge in [0.2, 0.25) is 5.95 Å². The summed E-state index contributed by atoms with van der Waals surface area (Å²) in [5, 5.41) is 3.19. The van der Waals surface area contributed by atoms with Crippen molar-refractivity contribution in [1.82, 2.24) is 9.55 Å². The number of nitrogens with one attached hydrogen (secondary N) is 1. The van der Waals surface area contributed by atoms with Crippen molar-refractivity contribution in [3.05, 3.63) is 11.9 Å². The van der Waals surface area contributed by atoms with Crippen LogP contribution in [0.5, 0.6) is 0 Å². The third-order valence-electron chi connectivity index (χ3n) is 3.78. The van der Waals surface area contributed by atoms with Gasteiger partial charge in [-0.3, -0.25) is 0 Å². The summed E-state index contributed by atoms with van der Waals surface area (Å²) >= 11 is 0. The van der Waals surface area contributed by atoms with Gasteiger partial charge in [-0.25, -0.2) is 4.98 Å². The molecule has 3 heteroatoms. The molecule has 1 fully saturated rings. The molecule has 1 aliphatic carbocycles. The Bertz CT molecular complexity index is 355. The van der Waals surface area contributed by atoms with Crippen molar-refractivity contribution in [3.8, 4) is 0 Å². The first kappa shape index (κ1) is 11.5. The van der Waals surface area contributed by atoms with Gasteiger partial charge in [-0.1, -0.05) is 13.8 Å². The van der Waals surface area contributed by atoms with Gasteiger partial charge >= 0.3 is 0 Å². The lowest BCUT2D eigenvalue weighted by Crippen LogP contribution is -2.23. The Balaban J connectivity index is 2.13. The monoisotopic (exact) mass is 221 g/mol. The van der Waals surface area contributed by atoms with Crippen molar-refractivity contribution >= 4 is 5.95 Å². The van der Waals surface area contributed by atoms with Crippen LogP contribution in [0, 0.1) is 12.3 Å². The highest BCUT2D eigenvalue weighted by molar-refractivity contribution is 5.28. The topological polar surface area (TPSA) is 29.9 Å². The average Bonchev–Trinajstić information content (AvgIpc) is 2.59. The molecule has 3 nitrogen and oxygen atoms in total. The standard InChI is InChI=1S/C13H23N3/c1-10-9-16(12(14-4)15-10)11-5-7-13(2,3)8-6-11/h9,11H,5-8H2,1-4H3,(H,14,15). The highest BCUT2D eigenvalue weighted by Crippen LogP contribution is 2.40. The Morgan fingerprint density at radius 1 is 1.38 bits per heavy atom. The van der Waals surface area contributed by atoms with Gasteiger partial charge in [0.05, 0.1) is 5.69 Å². The molecule has 0 bridgehead atoms. The molecule has 0 radical (unpaired) electrons. The van der Waals surface area contributed by atoms with E-state index in [1.54, 1.807) is 0 Å². The van der Waals surface area contributed by atoms with E-state index in [1.807, 2.05) is 7.05 Å². The van der Waals surface area contributed by atoms with Crippen molar-refractivity contribution in [2.45, 2.75) is 52.5 Å². The molecule has 0 unspecified atom stereocenters. The van der Waals surface area contributed by atoms with E-state index < -0.39 is 0 Å². The molecule has 1 saturated carbocycles. The van der Waals surface area contributed by atoms with Gasteiger partial charge in [0.15, 0.2) is 0 Å². The lowest BCUT2D eigenvalue weighted by atomic mass is 9.75. The average molecular weight is 221 g/mol. The van der Waals surface area contributed by atoms with E-state index in [0.29, 0.717) is 11.5 Å². The number of nitrogens with zero attached hydrogens (tertiary/aromatic N) is 2. The molecule has 90 valence electrons. The predicted molar refractivity (Wildman–Crippen MR) is 67.8 cm³/mol. The molecule has 0 aromatic carbocycles. The van der Waals surface area contributed by atoms with E-state index in [1.165, 1.54) is 25.7 Å². The SMILES string of the molecule is CNc1nc(C)cn1C1CCC(C)(C)CC1. The van der Waals surface area contributed by atoms with Gasteiger partial charge in [0, 0.05) is 19.3 Å². The molecule has 1 heterocycles. The first-order valence-corrected chi connectivity index (χ1v) is 6.25. The van der Waals surface area contributed by atoms with Crippen LogP contribution < -0.4 is 5.32 Å². The molecule has 0 atom stereocenters. The number of imidazole rings is 1. The minimum absolute atomic E-state index is 0.534. The number of hydrogen-bond acceptors (Lipinski definition) is 2. The zero-order valence-electron chi connectivity index (χ0n) is 10.9. The van der Waals surface area contributed by atoms with Gasteiger partial charge < -0.3 is 9.88 Å². The summed E-state index contributed by atoms with van der Waals surface area (Å²) in [6, 6.07) is 0.636. The second-order valence-corrected chi connectivity index (χ2v) is 5.76. The van der Waals surface area contributed by atoms with Crippen LogP contribution in [0.3, 0.4) is 0 Å². The third-order valence-corrected chi connectivity index (χ3v) is 3.78. The lowest BCUT2D eigenvalue weighted by molar-refractivity contribution is 0.194. The minimum atomic E-state index is 0.534. The largest absolute Gasteiger partial charge is 0.359 e. The Labute approximate surface area is 98.3 Å². The zero-order chi connectivity index (χ0) is 11.8. The molecule has 0 spiro atoms. The van der Waals surface area contributed by atoms with Gasteiger partial charge in [-0.15, -0.1) is 0 Å². The normalized spacial score (nSPS) is 21.0. The summed E-state index contributed by atoms with van der Waals surface area (Å²) in [5.74, 6) is 1.02. The molecule has 0 saturated heterocycles. The Morgan fingerprint density at radius 3 is 2.56 bits per heavy atom. The van der Waals surface area contributed by atoms with Crippen LogP contribution in [0.25, 0.3) is 0 Å². The molecule has 1 N–H and O–H groups in total. The summed E-state index contributed by atoms with van der Waals surface area (Å²) in [4.78, 5) is 4.49. The number of hydrogen-bond donors (Lipinski definition) is 1. The molecule has 0 aliphatic heterocycles. The van der Waals surface area contributed by atoms with Crippen LogP contribution in [0.1, 0.15) is 51.3 Å². The van der Waals surface area contributed by atoms with Gasteiger partial charge in [0.25, 0.3) is 0 Å². The molecule has 1 aliphatic rings. The molecular formula is C13H23N3. The summed E-state index contributed by atoms with van der Waals surface area (Å²) in [7, 11) is 1.95. The smallest absolute Gasteiger partial charge is 0.203 e. The summed E-state index contributed by atoms with van der Waals surface area (Å²) in [5.41, 5.74) is 1.64. The molecule has 1 aromatic rings. The highest BCUT2D eigenvalue weighted by atomic mass is 15.2. The lowest BCUT2D eigenvalue weighted by Gasteiger charge is -2.35. The van der Waals surface area contributed by atoms with Crippen molar-refractivity contribution in [1.29, 1.82) is 0 Å². The Kier molecular flexibility index (Phi) is 2.96. The zero-order valence-corrected chi connectivity index (χ0v) is 10.9. The number of rotatable bonds is 2. The predicted octanol–water partition coefficient (Wildman–Crippen LogP) is 3.37. The molecular weight excluding hydrogens is 198 g/mol. The van der Waals surface area contributed by atoms with Crippen LogP contribution in [-0.2, 0) is 0 Å². The van der Waals surface area contributed by atoms with Gasteiger partial charge in [-0.05, 0) is 38.0 Å². The fourth-order valence-corrected chi connectivity index (χ4v) is 2.64. The number of anilines is 1.